The largest absolute Gasteiger partial charge is 0.379 e. The summed E-state index contributed by atoms with van der Waals surface area (Å²) in [5.74, 6) is 0. The van der Waals surface area contributed by atoms with Crippen molar-refractivity contribution in [3.05, 3.63) is 34.4 Å². The third-order valence-corrected chi connectivity index (χ3v) is 2.74. The van der Waals surface area contributed by atoms with E-state index < -0.39 is 4.92 Å². The van der Waals surface area contributed by atoms with Gasteiger partial charge in [-0.1, -0.05) is 0 Å². The fourth-order valence-corrected chi connectivity index (χ4v) is 1.78. The first-order valence-corrected chi connectivity index (χ1v) is 5.19. The Labute approximate surface area is 93.6 Å². The van der Waals surface area contributed by atoms with E-state index in [1.54, 1.807) is 12.1 Å². The van der Waals surface area contributed by atoms with Gasteiger partial charge in [-0.25, -0.2) is 0 Å². The van der Waals surface area contributed by atoms with Crippen LogP contribution in [0.1, 0.15) is 13.3 Å². The van der Waals surface area contributed by atoms with Gasteiger partial charge in [0, 0.05) is 24.4 Å². The summed E-state index contributed by atoms with van der Waals surface area (Å²) in [6, 6.07) is 6.45. The molecule has 5 heteroatoms. The Kier molecular flexibility index (Phi) is 2.78. The van der Waals surface area contributed by atoms with Crippen LogP contribution in [0.15, 0.2) is 24.3 Å². The number of rotatable bonds is 3. The minimum Gasteiger partial charge on any atom is -0.379 e. The summed E-state index contributed by atoms with van der Waals surface area (Å²) < 4.78 is 5.32. The van der Waals surface area contributed by atoms with Crippen LogP contribution in [0, 0.1) is 10.1 Å². The molecule has 1 saturated heterocycles. The van der Waals surface area contributed by atoms with Gasteiger partial charge in [0.25, 0.3) is 5.69 Å². The molecule has 1 fully saturated rings. The number of hydrogen-bond donors (Lipinski definition) is 1. The quantitative estimate of drug-likeness (QED) is 0.629. The summed E-state index contributed by atoms with van der Waals surface area (Å²) >= 11 is 0. The molecule has 5 nitrogen and oxygen atoms in total. The first kappa shape index (κ1) is 10.9. The number of hydrogen-bond acceptors (Lipinski definition) is 4. The zero-order valence-corrected chi connectivity index (χ0v) is 9.10. The minimum atomic E-state index is -0.399. The average molecular weight is 222 g/mol. The average Bonchev–Trinajstić information content (AvgIpc) is 2.65. The molecule has 0 bridgehead atoms. The Morgan fingerprint density at radius 1 is 1.44 bits per heavy atom. The van der Waals surface area contributed by atoms with E-state index in [-0.39, 0.29) is 11.2 Å². The monoisotopic (exact) mass is 222 g/mol. The van der Waals surface area contributed by atoms with Gasteiger partial charge in [-0.15, -0.1) is 0 Å². The maximum Gasteiger partial charge on any atom is 0.269 e. The Balaban J connectivity index is 2.07. The summed E-state index contributed by atoms with van der Waals surface area (Å²) in [5.41, 5.74) is 0.938. The smallest absolute Gasteiger partial charge is 0.269 e. The van der Waals surface area contributed by atoms with Crippen molar-refractivity contribution in [1.29, 1.82) is 0 Å². The Bertz CT molecular complexity index is 383. The molecule has 2 rings (SSSR count). The highest BCUT2D eigenvalue weighted by Gasteiger charge is 2.29. The maximum atomic E-state index is 10.5. The number of nitro benzene ring substituents is 1. The molecule has 1 aliphatic rings. The first-order chi connectivity index (χ1) is 7.59. The number of nitrogens with zero attached hydrogens (tertiary/aromatic N) is 1. The standard InChI is InChI=1S/C11H14N2O3/c1-11(6-7-16-8-11)12-9-2-4-10(5-3-9)13(14)15/h2-5,12H,6-8H2,1H3. The number of nitrogens with one attached hydrogen (secondary N) is 1. The second-order valence-electron chi connectivity index (χ2n) is 4.29. The summed E-state index contributed by atoms with van der Waals surface area (Å²) in [6.45, 7) is 3.52. The lowest BCUT2D eigenvalue weighted by atomic mass is 10.0. The van der Waals surface area contributed by atoms with E-state index in [2.05, 4.69) is 12.2 Å². The maximum absolute atomic E-state index is 10.5. The van der Waals surface area contributed by atoms with Crippen LogP contribution in [-0.2, 0) is 4.74 Å². The van der Waals surface area contributed by atoms with Gasteiger partial charge in [-0.2, -0.15) is 0 Å². The normalized spacial score (nSPS) is 24.3. The molecular weight excluding hydrogens is 208 g/mol. The van der Waals surface area contributed by atoms with E-state index in [1.165, 1.54) is 12.1 Å². The van der Waals surface area contributed by atoms with E-state index in [1.807, 2.05) is 0 Å². The summed E-state index contributed by atoms with van der Waals surface area (Å²) in [4.78, 5) is 10.1. The predicted molar refractivity (Wildman–Crippen MR) is 60.6 cm³/mol. The van der Waals surface area contributed by atoms with E-state index in [4.69, 9.17) is 4.74 Å². The predicted octanol–water partition coefficient (Wildman–Crippen LogP) is 2.19. The molecule has 0 spiro atoms. The molecule has 86 valence electrons. The highest BCUT2D eigenvalue weighted by molar-refractivity contribution is 5.50. The van der Waals surface area contributed by atoms with Crippen molar-refractivity contribution in [2.45, 2.75) is 18.9 Å². The minimum absolute atomic E-state index is 0.0594. The SMILES string of the molecule is CC1(Nc2ccc([N+](=O)[O-])cc2)CCOC1. The van der Waals surface area contributed by atoms with Crippen molar-refractivity contribution in [2.75, 3.05) is 18.5 Å². The van der Waals surface area contributed by atoms with Crippen molar-refractivity contribution in [3.8, 4) is 0 Å². The van der Waals surface area contributed by atoms with E-state index in [0.29, 0.717) is 6.61 Å². The Morgan fingerprint density at radius 2 is 2.12 bits per heavy atom. The van der Waals surface area contributed by atoms with E-state index in [0.717, 1.165) is 18.7 Å². The molecule has 0 aliphatic carbocycles. The first-order valence-electron chi connectivity index (χ1n) is 5.19. The van der Waals surface area contributed by atoms with Crippen LogP contribution in [0.25, 0.3) is 0 Å². The molecule has 0 aromatic heterocycles. The van der Waals surface area contributed by atoms with E-state index >= 15 is 0 Å². The topological polar surface area (TPSA) is 64.4 Å². The fourth-order valence-electron chi connectivity index (χ4n) is 1.78. The number of benzene rings is 1. The summed E-state index contributed by atoms with van der Waals surface area (Å²) in [7, 11) is 0. The van der Waals surface area contributed by atoms with Gasteiger partial charge in [0.1, 0.15) is 0 Å². The van der Waals surface area contributed by atoms with Gasteiger partial charge in [0.2, 0.25) is 0 Å². The van der Waals surface area contributed by atoms with Crippen LogP contribution in [0.4, 0.5) is 11.4 Å². The molecule has 1 N–H and O–H groups in total. The van der Waals surface area contributed by atoms with Crippen molar-refractivity contribution >= 4 is 11.4 Å². The molecule has 1 aromatic carbocycles. The lowest BCUT2D eigenvalue weighted by Gasteiger charge is -2.24. The molecule has 1 unspecified atom stereocenters. The van der Waals surface area contributed by atoms with Crippen molar-refractivity contribution in [1.82, 2.24) is 0 Å². The zero-order chi connectivity index (χ0) is 11.6. The Morgan fingerprint density at radius 3 is 2.62 bits per heavy atom. The zero-order valence-electron chi connectivity index (χ0n) is 9.10. The van der Waals surface area contributed by atoms with Gasteiger partial charge in [0.15, 0.2) is 0 Å². The lowest BCUT2D eigenvalue weighted by molar-refractivity contribution is -0.384. The van der Waals surface area contributed by atoms with Crippen LogP contribution in [0.3, 0.4) is 0 Å². The lowest BCUT2D eigenvalue weighted by Crippen LogP contribution is -2.34. The van der Waals surface area contributed by atoms with E-state index in [9.17, 15) is 10.1 Å². The van der Waals surface area contributed by atoms with Gasteiger partial charge < -0.3 is 10.1 Å². The van der Waals surface area contributed by atoms with Crippen LogP contribution >= 0.6 is 0 Å². The van der Waals surface area contributed by atoms with Crippen LogP contribution < -0.4 is 5.32 Å². The Hall–Kier alpha value is -1.62. The van der Waals surface area contributed by atoms with Gasteiger partial charge in [-0.3, -0.25) is 10.1 Å². The third kappa shape index (κ3) is 2.30. The molecule has 1 aliphatic heterocycles. The van der Waals surface area contributed by atoms with Gasteiger partial charge in [-0.05, 0) is 25.5 Å². The molecule has 0 amide bonds. The molecule has 1 heterocycles. The highest BCUT2D eigenvalue weighted by atomic mass is 16.6. The molecule has 0 saturated carbocycles. The molecule has 0 radical (unpaired) electrons. The number of nitro groups is 1. The molecule has 1 atom stereocenters. The van der Waals surface area contributed by atoms with Crippen LogP contribution in [0.2, 0.25) is 0 Å². The second-order valence-corrected chi connectivity index (χ2v) is 4.29. The fraction of sp³-hybridized carbons (Fsp3) is 0.455. The second kappa shape index (κ2) is 4.09. The van der Waals surface area contributed by atoms with Crippen molar-refractivity contribution in [2.24, 2.45) is 0 Å². The van der Waals surface area contributed by atoms with Gasteiger partial charge >= 0.3 is 0 Å². The number of non-ortho nitro benzene ring substituents is 1. The van der Waals surface area contributed by atoms with Crippen molar-refractivity contribution < 1.29 is 9.66 Å². The molecule has 1 aromatic rings. The third-order valence-electron chi connectivity index (χ3n) is 2.74. The van der Waals surface area contributed by atoms with Crippen LogP contribution in [0.5, 0.6) is 0 Å². The highest BCUT2D eigenvalue weighted by Crippen LogP contribution is 2.24. The number of ether oxygens (including phenoxy) is 1. The van der Waals surface area contributed by atoms with Crippen LogP contribution in [-0.4, -0.2) is 23.7 Å². The summed E-state index contributed by atoms with van der Waals surface area (Å²) in [6.07, 6.45) is 0.948. The summed E-state index contributed by atoms with van der Waals surface area (Å²) in [5, 5.41) is 13.8. The molecule has 16 heavy (non-hydrogen) atoms. The van der Waals surface area contributed by atoms with Gasteiger partial charge in [0.05, 0.1) is 17.1 Å². The van der Waals surface area contributed by atoms with Crippen molar-refractivity contribution in [3.63, 3.8) is 0 Å². The number of anilines is 1. The molecular formula is C11H14N2O3.